The number of benzene rings is 1. The summed E-state index contributed by atoms with van der Waals surface area (Å²) in [6, 6.07) is 13.8. The van der Waals surface area contributed by atoms with Crippen molar-refractivity contribution in [3.8, 4) is 0 Å². The monoisotopic (exact) mass is 386 g/mol. The second-order valence-electron chi connectivity index (χ2n) is 5.83. The van der Waals surface area contributed by atoms with Gasteiger partial charge in [-0.15, -0.1) is 11.3 Å². The highest BCUT2D eigenvalue weighted by Crippen LogP contribution is 2.30. The number of pyridine rings is 1. The molecule has 1 N–H and O–H groups in total. The van der Waals surface area contributed by atoms with Gasteiger partial charge < -0.3 is 5.32 Å². The number of aromatic nitrogens is 1. The summed E-state index contributed by atoms with van der Waals surface area (Å²) in [5.41, 5.74) is 2.09. The molecule has 1 aromatic carbocycles. The highest BCUT2D eigenvalue weighted by Gasteiger charge is 2.30. The van der Waals surface area contributed by atoms with Gasteiger partial charge in [0.25, 0.3) is 5.91 Å². The van der Waals surface area contributed by atoms with E-state index in [0.717, 1.165) is 16.9 Å². The van der Waals surface area contributed by atoms with Crippen LogP contribution in [0.1, 0.15) is 26.7 Å². The van der Waals surface area contributed by atoms with Gasteiger partial charge in [0.15, 0.2) is 9.84 Å². The van der Waals surface area contributed by atoms with Crippen molar-refractivity contribution in [2.75, 3.05) is 6.54 Å². The number of carbonyl (C=O) groups excluding carboxylic acids is 1. The van der Waals surface area contributed by atoms with Crippen molar-refractivity contribution in [3.05, 3.63) is 83.0 Å². The fourth-order valence-electron chi connectivity index (χ4n) is 2.53. The summed E-state index contributed by atoms with van der Waals surface area (Å²) < 4.78 is 26.3. The third kappa shape index (κ3) is 4.00. The predicted octanol–water partition coefficient (Wildman–Crippen LogP) is 3.40. The molecule has 0 aliphatic rings. The lowest BCUT2D eigenvalue weighted by atomic mass is 10.1. The molecule has 26 heavy (non-hydrogen) atoms. The van der Waals surface area contributed by atoms with Gasteiger partial charge in [0.05, 0.1) is 0 Å². The largest absolute Gasteiger partial charge is 0.350 e. The number of sulfone groups is 1. The molecule has 2 heterocycles. The van der Waals surface area contributed by atoms with Gasteiger partial charge in [-0.1, -0.05) is 29.8 Å². The summed E-state index contributed by atoms with van der Waals surface area (Å²) in [5, 5.41) is 3.57. The number of aryl methyl sites for hydroxylation is 1. The van der Waals surface area contributed by atoms with E-state index < -0.39 is 15.1 Å². The van der Waals surface area contributed by atoms with Crippen LogP contribution < -0.4 is 5.32 Å². The quantitative estimate of drug-likeness (QED) is 0.704. The minimum Gasteiger partial charge on any atom is -0.350 e. The molecule has 0 fully saturated rings. The minimum absolute atomic E-state index is 0.0291. The highest BCUT2D eigenvalue weighted by molar-refractivity contribution is 7.93. The average Bonchev–Trinajstić information content (AvgIpc) is 3.18. The fourth-order valence-corrected chi connectivity index (χ4v) is 5.38. The summed E-state index contributed by atoms with van der Waals surface area (Å²) in [6.07, 6.45) is 3.11. The zero-order valence-corrected chi connectivity index (χ0v) is 15.8. The lowest BCUT2D eigenvalue weighted by Gasteiger charge is -2.18. The Morgan fingerprint density at radius 2 is 1.92 bits per heavy atom. The van der Waals surface area contributed by atoms with Gasteiger partial charge in [-0.2, -0.15) is 0 Å². The number of hydrogen-bond acceptors (Lipinski definition) is 5. The Labute approximate surface area is 156 Å². The van der Waals surface area contributed by atoms with Gasteiger partial charge in [-0.3, -0.25) is 9.78 Å². The third-order valence-electron chi connectivity index (χ3n) is 3.97. The van der Waals surface area contributed by atoms with Crippen molar-refractivity contribution < 1.29 is 13.2 Å². The van der Waals surface area contributed by atoms with Crippen LogP contribution in [0.3, 0.4) is 0 Å². The van der Waals surface area contributed by atoms with Crippen LogP contribution in [0, 0.1) is 6.92 Å². The molecule has 2 aromatic heterocycles. The zero-order valence-electron chi connectivity index (χ0n) is 14.1. The van der Waals surface area contributed by atoms with Gasteiger partial charge >= 0.3 is 0 Å². The van der Waals surface area contributed by atoms with Crippen LogP contribution in [0.25, 0.3) is 0 Å². The van der Waals surface area contributed by atoms with Crippen molar-refractivity contribution in [1.82, 2.24) is 10.3 Å². The maximum atomic E-state index is 13.0. The van der Waals surface area contributed by atoms with Gasteiger partial charge in [-0.05, 0) is 42.1 Å². The second-order valence-corrected chi connectivity index (χ2v) is 9.13. The van der Waals surface area contributed by atoms with E-state index in [1.807, 2.05) is 19.1 Å². The lowest BCUT2D eigenvalue weighted by Crippen LogP contribution is -2.31. The highest BCUT2D eigenvalue weighted by atomic mass is 32.2. The minimum atomic E-state index is -3.63. The Bertz CT molecular complexity index is 967. The molecule has 1 amide bonds. The first-order valence-electron chi connectivity index (χ1n) is 8.00. The van der Waals surface area contributed by atoms with E-state index in [1.165, 1.54) is 6.20 Å². The molecule has 1 unspecified atom stereocenters. The smallest absolute Gasteiger partial charge is 0.251 e. The van der Waals surface area contributed by atoms with E-state index >= 15 is 0 Å². The number of carbonyl (C=O) groups is 1. The van der Waals surface area contributed by atoms with Gasteiger partial charge in [0, 0.05) is 24.5 Å². The Hall–Kier alpha value is -2.51. The van der Waals surface area contributed by atoms with E-state index in [2.05, 4.69) is 10.3 Å². The normalized spacial score (nSPS) is 12.5. The fraction of sp³-hybridized carbons (Fsp3) is 0.158. The molecule has 1 atom stereocenters. The Morgan fingerprint density at radius 1 is 1.15 bits per heavy atom. The molecule has 3 aromatic rings. The Kier molecular flexibility index (Phi) is 5.49. The summed E-state index contributed by atoms with van der Waals surface area (Å²) in [6.45, 7) is 1.91. The molecule has 5 nitrogen and oxygen atoms in total. The molecule has 7 heteroatoms. The van der Waals surface area contributed by atoms with Crippen molar-refractivity contribution in [2.45, 2.75) is 16.4 Å². The average molecular weight is 386 g/mol. The molecular weight excluding hydrogens is 368 g/mol. The maximum absolute atomic E-state index is 13.0. The molecule has 0 radical (unpaired) electrons. The topological polar surface area (TPSA) is 76.1 Å². The lowest BCUT2D eigenvalue weighted by molar-refractivity contribution is 0.0953. The van der Waals surface area contributed by atoms with Crippen LogP contribution in [0.2, 0.25) is 0 Å². The van der Waals surface area contributed by atoms with Crippen LogP contribution in [-0.4, -0.2) is 25.9 Å². The van der Waals surface area contributed by atoms with Crippen LogP contribution in [0.5, 0.6) is 0 Å². The van der Waals surface area contributed by atoms with Crippen LogP contribution >= 0.6 is 11.3 Å². The molecule has 0 saturated carbocycles. The van der Waals surface area contributed by atoms with E-state index in [9.17, 15) is 13.2 Å². The van der Waals surface area contributed by atoms with Crippen molar-refractivity contribution in [3.63, 3.8) is 0 Å². The van der Waals surface area contributed by atoms with Gasteiger partial charge in [0.1, 0.15) is 9.46 Å². The number of nitrogens with zero attached hydrogens (tertiary/aromatic N) is 1. The van der Waals surface area contributed by atoms with E-state index in [4.69, 9.17) is 0 Å². The molecular formula is C19H18N2O3S2. The van der Waals surface area contributed by atoms with Crippen molar-refractivity contribution in [1.29, 1.82) is 0 Å². The summed E-state index contributed by atoms with van der Waals surface area (Å²) in [5.74, 6) is -0.305. The number of rotatable bonds is 6. The first kappa shape index (κ1) is 18.3. The molecule has 0 saturated heterocycles. The number of hydrogen-bond donors (Lipinski definition) is 1. The van der Waals surface area contributed by atoms with Gasteiger partial charge in [-0.25, -0.2) is 8.42 Å². The molecule has 0 spiro atoms. The molecule has 0 aliphatic heterocycles. The van der Waals surface area contributed by atoms with Crippen LogP contribution in [0.15, 0.2) is 70.5 Å². The predicted molar refractivity (Wildman–Crippen MR) is 102 cm³/mol. The Balaban J connectivity index is 1.85. The Morgan fingerprint density at radius 3 is 2.54 bits per heavy atom. The number of nitrogens with one attached hydrogen (secondary N) is 1. The third-order valence-corrected chi connectivity index (χ3v) is 7.50. The van der Waals surface area contributed by atoms with E-state index in [0.29, 0.717) is 11.1 Å². The number of amides is 1. The first-order chi connectivity index (χ1) is 12.5. The van der Waals surface area contributed by atoms with Crippen molar-refractivity contribution >= 4 is 27.1 Å². The van der Waals surface area contributed by atoms with Gasteiger partial charge in [0.2, 0.25) is 0 Å². The second kappa shape index (κ2) is 7.80. The number of thiophene rings is 1. The summed E-state index contributed by atoms with van der Waals surface area (Å²) in [7, 11) is -3.63. The first-order valence-corrected chi connectivity index (χ1v) is 10.4. The SMILES string of the molecule is Cc1ccc(C(=O)NCC(c2cccnc2)S(=O)(=O)c2cccs2)cc1. The van der Waals surface area contributed by atoms with Crippen LogP contribution in [0.4, 0.5) is 0 Å². The van der Waals surface area contributed by atoms with Crippen LogP contribution in [-0.2, 0) is 9.84 Å². The van der Waals surface area contributed by atoms with E-state index in [-0.39, 0.29) is 16.7 Å². The maximum Gasteiger partial charge on any atom is 0.251 e. The standard InChI is InChI=1S/C19H18N2O3S2/c1-14-6-8-15(9-7-14)19(22)21-13-17(16-4-2-10-20-12-16)26(23,24)18-5-3-11-25-18/h2-12,17H,13H2,1H3,(H,21,22). The zero-order chi connectivity index (χ0) is 18.6. The van der Waals surface area contributed by atoms with Crippen molar-refractivity contribution in [2.24, 2.45) is 0 Å². The molecule has 0 bridgehead atoms. The summed E-state index contributed by atoms with van der Waals surface area (Å²) >= 11 is 1.16. The molecule has 134 valence electrons. The van der Waals surface area contributed by atoms with E-state index in [1.54, 1.807) is 48.0 Å². The molecule has 3 rings (SSSR count). The summed E-state index contributed by atoms with van der Waals surface area (Å²) in [4.78, 5) is 16.4. The molecule has 0 aliphatic carbocycles.